The van der Waals surface area contributed by atoms with Crippen molar-refractivity contribution in [3.05, 3.63) is 0 Å². The lowest BCUT2D eigenvalue weighted by molar-refractivity contribution is -0.225. The van der Waals surface area contributed by atoms with Gasteiger partial charge in [-0.05, 0) is 57.7 Å². The average Bonchev–Trinajstić information content (AvgIpc) is 3.12. The van der Waals surface area contributed by atoms with Crippen LogP contribution >= 0.6 is 0 Å². The molecule has 18 heteroatoms. The summed E-state index contributed by atoms with van der Waals surface area (Å²) in [5.74, 6) is -4.78. The maximum Gasteiger partial charge on any atom is 0.394 e. The second kappa shape index (κ2) is 33.6. The summed E-state index contributed by atoms with van der Waals surface area (Å²) >= 11 is 0. The van der Waals surface area contributed by atoms with Crippen LogP contribution in [0.3, 0.4) is 0 Å². The first-order valence-electron chi connectivity index (χ1n) is 24.5. The Bertz CT molecular complexity index is 1180. The van der Waals surface area contributed by atoms with E-state index in [4.69, 9.17) is 0 Å². The van der Waals surface area contributed by atoms with E-state index in [0.29, 0.717) is 36.5 Å². The van der Waals surface area contributed by atoms with E-state index in [1.165, 1.54) is 34.6 Å². The van der Waals surface area contributed by atoms with Crippen LogP contribution in [0.15, 0.2) is 0 Å². The van der Waals surface area contributed by atoms with Crippen molar-refractivity contribution in [2.75, 3.05) is 0 Å². The highest BCUT2D eigenvalue weighted by Gasteiger charge is 2.49. The molecule has 6 atom stereocenters. The Balaban J connectivity index is -0.000000133. The quantitative estimate of drug-likeness (QED) is 0.171. The molecule has 0 N–H and O–H groups in total. The van der Waals surface area contributed by atoms with Gasteiger partial charge in [0.2, 0.25) is 0 Å². The van der Waals surface area contributed by atoms with Crippen LogP contribution in [0.1, 0.15) is 219 Å². The van der Waals surface area contributed by atoms with Crippen LogP contribution in [0.25, 0.3) is 0 Å². The second-order valence-corrected chi connectivity index (χ2v) is 23.3. The molecule has 0 spiro atoms. The van der Waals surface area contributed by atoms with E-state index >= 15 is 0 Å². The number of hydrogen-bond acceptors (Lipinski definition) is 0. The van der Waals surface area contributed by atoms with Crippen molar-refractivity contribution in [3.63, 3.8) is 0 Å². The van der Waals surface area contributed by atoms with Crippen molar-refractivity contribution in [1.29, 1.82) is 0 Å². The molecule has 0 rings (SSSR count). The van der Waals surface area contributed by atoms with Crippen molar-refractivity contribution in [1.82, 2.24) is 0 Å². The Kier molecular flexibility index (Phi) is 39.7. The van der Waals surface area contributed by atoms with Crippen LogP contribution in [-0.4, -0.2) is 37.1 Å². The van der Waals surface area contributed by atoms with Crippen LogP contribution in [0, 0.1) is 80.8 Å². The number of halogens is 18. The van der Waals surface area contributed by atoms with E-state index in [9.17, 15) is 79.0 Å². The number of hydrogen-bond donors (Lipinski definition) is 0. The molecule has 0 aliphatic carbocycles. The van der Waals surface area contributed by atoms with Crippen LogP contribution in [0.4, 0.5) is 79.0 Å². The van der Waals surface area contributed by atoms with Crippen LogP contribution < -0.4 is 0 Å². The molecule has 0 aromatic heterocycles. The topological polar surface area (TPSA) is 0 Å². The highest BCUT2D eigenvalue weighted by atomic mass is 19.4. The molecule has 0 aliphatic rings. The molecule has 0 fully saturated rings. The van der Waals surface area contributed by atoms with Gasteiger partial charge in [0.25, 0.3) is 0 Å². The summed E-state index contributed by atoms with van der Waals surface area (Å²) in [4.78, 5) is 0. The molecule has 0 saturated carbocycles. The molecule has 0 aromatic carbocycles. The molecular weight excluding hydrogens is 967 g/mol. The zero-order chi connectivity index (χ0) is 59.0. The molecule has 0 heterocycles. The Morgan fingerprint density at radius 3 is 0.686 bits per heavy atom. The van der Waals surface area contributed by atoms with Gasteiger partial charge in [0.1, 0.15) is 0 Å². The smallest absolute Gasteiger partial charge is 0.171 e. The zero-order valence-corrected chi connectivity index (χ0v) is 47.8. The maximum atomic E-state index is 12.1. The maximum absolute atomic E-state index is 12.1. The minimum Gasteiger partial charge on any atom is -0.171 e. The van der Waals surface area contributed by atoms with Crippen molar-refractivity contribution < 1.29 is 79.0 Å². The highest BCUT2D eigenvalue weighted by molar-refractivity contribution is 4.80. The van der Waals surface area contributed by atoms with Gasteiger partial charge in [-0.3, -0.25) is 0 Å². The fourth-order valence-electron chi connectivity index (χ4n) is 4.33. The minimum atomic E-state index is -4.08. The summed E-state index contributed by atoms with van der Waals surface area (Å²) in [7, 11) is 0. The first-order chi connectivity index (χ1) is 30.1. The predicted molar refractivity (Wildman–Crippen MR) is 256 cm³/mol. The lowest BCUT2D eigenvalue weighted by atomic mass is 9.71. The monoisotopic (exact) mass is 1070 g/mol. The van der Waals surface area contributed by atoms with Gasteiger partial charge >= 0.3 is 37.1 Å². The van der Waals surface area contributed by atoms with E-state index in [1.807, 2.05) is 27.7 Å². The van der Waals surface area contributed by atoms with Crippen molar-refractivity contribution in [2.24, 2.45) is 80.8 Å². The summed E-state index contributed by atoms with van der Waals surface area (Å²) in [6.45, 7) is 45.5. The lowest BCUT2D eigenvalue weighted by Crippen LogP contribution is -2.36. The molecule has 0 aromatic rings. The number of alkyl halides is 18. The molecule has 0 bridgehead atoms. The Morgan fingerprint density at radius 1 is 0.357 bits per heavy atom. The molecular formula is C52H100F18. The Hall–Kier alpha value is -1.26. The first kappa shape index (κ1) is 82.7. The lowest BCUT2D eigenvalue weighted by Gasteiger charge is -2.34. The standard InChI is InChI=1S/2C8H15F3.C8H18.4C7H13F3/c2*1-5(2)6(3)7(4)8(9,10)11;1-7(2,3)8(4,5)6;1-5(2)6(3,4)7(8,9)10;1-4-6(2,3)5-7(8,9)10;1-4-5(2)6(3)7(8,9)10;1-3-6(4-2)5-7(8,9)10/h2*5-7H,1-4H3;1-6H3;5H,1-4H3;4-5H2,1-3H3;5-6H,4H2,1-3H3;6H,3-5H2,1-2H3/t2*6-,7?;;;;5?,6-;/m11...1./s1. The van der Waals surface area contributed by atoms with Crippen LogP contribution in [-0.2, 0) is 0 Å². The van der Waals surface area contributed by atoms with E-state index in [-0.39, 0.29) is 41.4 Å². The molecule has 70 heavy (non-hydrogen) atoms. The largest absolute Gasteiger partial charge is 0.394 e. The van der Waals surface area contributed by atoms with Crippen molar-refractivity contribution in [3.8, 4) is 0 Å². The van der Waals surface area contributed by atoms with Gasteiger partial charge in [0.05, 0.1) is 23.2 Å². The third-order valence-electron chi connectivity index (χ3n) is 14.5. The van der Waals surface area contributed by atoms with Crippen LogP contribution in [0.2, 0.25) is 0 Å². The molecule has 434 valence electrons. The van der Waals surface area contributed by atoms with Crippen molar-refractivity contribution >= 4 is 0 Å². The van der Waals surface area contributed by atoms with Gasteiger partial charge in [-0.15, -0.1) is 0 Å². The molecule has 0 saturated heterocycles. The van der Waals surface area contributed by atoms with E-state index in [2.05, 4.69) is 41.5 Å². The summed E-state index contributed by atoms with van der Waals surface area (Å²) < 4.78 is 215. The normalized spacial score (nSPS) is 15.9. The predicted octanol–water partition coefficient (Wildman–Crippen LogP) is 23.2. The highest BCUT2D eigenvalue weighted by Crippen LogP contribution is 2.43. The summed E-state index contributed by atoms with van der Waals surface area (Å²) in [5.41, 5.74) is -1.29. The van der Waals surface area contributed by atoms with E-state index in [0.717, 1.165) is 0 Å². The average molecular weight is 1070 g/mol. The van der Waals surface area contributed by atoms with Crippen molar-refractivity contribution in [2.45, 2.75) is 256 Å². The molecule has 3 unspecified atom stereocenters. The number of rotatable bonds is 12. The summed E-state index contributed by atoms with van der Waals surface area (Å²) in [6, 6.07) is 0. The zero-order valence-electron chi connectivity index (χ0n) is 47.8. The Labute approximate surface area is 414 Å². The third-order valence-corrected chi connectivity index (χ3v) is 14.5. The van der Waals surface area contributed by atoms with Gasteiger partial charge < -0.3 is 0 Å². The van der Waals surface area contributed by atoms with Gasteiger partial charge in [0.15, 0.2) is 0 Å². The van der Waals surface area contributed by atoms with Gasteiger partial charge in [0, 0.05) is 12.8 Å². The van der Waals surface area contributed by atoms with E-state index in [1.54, 1.807) is 76.2 Å². The summed E-state index contributed by atoms with van der Waals surface area (Å²) in [5, 5.41) is 0. The minimum absolute atomic E-state index is 0.0895. The molecule has 0 amide bonds. The fourth-order valence-corrected chi connectivity index (χ4v) is 4.33. The first-order valence-corrected chi connectivity index (χ1v) is 24.5. The van der Waals surface area contributed by atoms with Gasteiger partial charge in [-0.1, -0.05) is 206 Å². The molecule has 0 radical (unpaired) electrons. The Morgan fingerprint density at radius 2 is 0.629 bits per heavy atom. The SMILES string of the molecule is CC(C)(C)C(C)(C)C.CC(C)C(C)(C)C(F)(F)F.CC(C)[C@@H](C)C(C)C(F)(F)F.CC(C)[C@@H](C)C(C)C(F)(F)F.CCC(C)(C)CC(F)(F)F.CCC(C)[C@@H](C)C(F)(F)F.CCC(CC)CC(F)(F)F. The molecule has 0 aliphatic heterocycles. The van der Waals surface area contributed by atoms with E-state index < -0.39 is 78.5 Å². The fraction of sp³-hybridized carbons (Fsp3) is 1.00. The third kappa shape index (κ3) is 44.2. The molecule has 0 nitrogen and oxygen atoms in total. The van der Waals surface area contributed by atoms with Crippen LogP contribution in [0.5, 0.6) is 0 Å². The van der Waals surface area contributed by atoms with Gasteiger partial charge in [-0.25, -0.2) is 0 Å². The second-order valence-electron chi connectivity index (χ2n) is 23.3. The summed E-state index contributed by atoms with van der Waals surface area (Å²) in [6.07, 6.45) is -23.1. The van der Waals surface area contributed by atoms with Gasteiger partial charge in [-0.2, -0.15) is 79.0 Å².